The molecule has 2 N–H and O–H groups in total. The summed E-state index contributed by atoms with van der Waals surface area (Å²) in [5.41, 5.74) is 0. The zero-order chi connectivity index (χ0) is 12.4. The number of aliphatic hydroxyl groups is 1. The summed E-state index contributed by atoms with van der Waals surface area (Å²) in [6.07, 6.45) is 1.66. The minimum atomic E-state index is -0.955. The second-order valence-corrected chi connectivity index (χ2v) is 5.28. The van der Waals surface area contributed by atoms with Gasteiger partial charge in [0.05, 0.1) is 18.5 Å². The van der Waals surface area contributed by atoms with E-state index in [0.717, 1.165) is 12.8 Å². The average Bonchev–Trinajstić information content (AvgIpc) is 2.96. The molecule has 2 atom stereocenters. The van der Waals surface area contributed by atoms with E-state index in [0.29, 0.717) is 18.2 Å². The number of nitrogens with zero attached hydrogens (tertiary/aromatic N) is 2. The summed E-state index contributed by atoms with van der Waals surface area (Å²) in [4.78, 5) is 26.2. The van der Waals surface area contributed by atoms with E-state index in [1.807, 2.05) is 0 Å². The summed E-state index contributed by atoms with van der Waals surface area (Å²) in [6, 6.07) is -1.13. The lowest BCUT2D eigenvalue weighted by Gasteiger charge is -2.30. The number of carbonyl (C=O) groups is 2. The summed E-state index contributed by atoms with van der Waals surface area (Å²) in [6.45, 7) is 0.558. The van der Waals surface area contributed by atoms with Crippen molar-refractivity contribution in [2.45, 2.75) is 24.9 Å². The molecular formula is C10H16N2O4S. The van der Waals surface area contributed by atoms with Crippen molar-refractivity contribution in [2.75, 3.05) is 24.8 Å². The van der Waals surface area contributed by atoms with Gasteiger partial charge in [0, 0.05) is 12.3 Å². The van der Waals surface area contributed by atoms with Gasteiger partial charge in [-0.05, 0) is 12.8 Å². The number of urea groups is 1. The van der Waals surface area contributed by atoms with Crippen LogP contribution in [-0.4, -0.2) is 68.9 Å². The molecule has 17 heavy (non-hydrogen) atoms. The number of hydrogen-bond acceptors (Lipinski definition) is 4. The van der Waals surface area contributed by atoms with Gasteiger partial charge in [-0.15, -0.1) is 11.8 Å². The van der Waals surface area contributed by atoms with E-state index in [1.54, 1.807) is 4.90 Å². The largest absolute Gasteiger partial charge is 0.480 e. The smallest absolute Gasteiger partial charge is 0.327 e. The molecule has 6 nitrogen and oxygen atoms in total. The number of carboxylic acid groups (broad SMARTS) is 1. The Hall–Kier alpha value is -0.950. The topological polar surface area (TPSA) is 81.1 Å². The lowest BCUT2D eigenvalue weighted by Crippen LogP contribution is -2.50. The number of hydrogen-bond donors (Lipinski definition) is 2. The second-order valence-electron chi connectivity index (χ2n) is 4.28. The van der Waals surface area contributed by atoms with E-state index >= 15 is 0 Å². The minimum absolute atomic E-state index is 0.0511. The van der Waals surface area contributed by atoms with Crippen LogP contribution in [0.3, 0.4) is 0 Å². The molecule has 2 amide bonds. The van der Waals surface area contributed by atoms with Gasteiger partial charge in [0.1, 0.15) is 6.04 Å². The summed E-state index contributed by atoms with van der Waals surface area (Å²) in [5, 5.41) is 18.2. The van der Waals surface area contributed by atoms with E-state index in [-0.39, 0.29) is 18.7 Å². The molecule has 0 saturated carbocycles. The molecule has 0 aliphatic carbocycles. The fraction of sp³-hybridized carbons (Fsp3) is 0.800. The van der Waals surface area contributed by atoms with Crippen LogP contribution >= 0.6 is 11.8 Å². The third kappa shape index (κ3) is 2.35. The molecule has 0 spiro atoms. The monoisotopic (exact) mass is 260 g/mol. The van der Waals surface area contributed by atoms with Gasteiger partial charge in [-0.2, -0.15) is 0 Å². The van der Waals surface area contributed by atoms with Gasteiger partial charge in [0.25, 0.3) is 0 Å². The predicted octanol–water partition coefficient (Wildman–Crippen LogP) is 0.0226. The molecule has 0 aromatic heterocycles. The van der Waals surface area contributed by atoms with Crippen molar-refractivity contribution >= 4 is 23.8 Å². The zero-order valence-corrected chi connectivity index (χ0v) is 10.2. The highest BCUT2D eigenvalue weighted by molar-refractivity contribution is 7.99. The van der Waals surface area contributed by atoms with Crippen LogP contribution in [0.1, 0.15) is 12.8 Å². The molecule has 7 heteroatoms. The second kappa shape index (κ2) is 5.14. The lowest BCUT2D eigenvalue weighted by molar-refractivity contribution is -0.141. The molecule has 0 aromatic rings. The number of aliphatic hydroxyl groups excluding tert-OH is 1. The van der Waals surface area contributed by atoms with Crippen molar-refractivity contribution in [3.8, 4) is 0 Å². The molecule has 2 rings (SSSR count). The summed E-state index contributed by atoms with van der Waals surface area (Å²) >= 11 is 1.45. The minimum Gasteiger partial charge on any atom is -0.480 e. The van der Waals surface area contributed by atoms with Crippen molar-refractivity contribution in [2.24, 2.45) is 0 Å². The molecule has 2 heterocycles. The quantitative estimate of drug-likeness (QED) is 0.731. The first kappa shape index (κ1) is 12.5. The molecule has 2 unspecified atom stereocenters. The van der Waals surface area contributed by atoms with Gasteiger partial charge >= 0.3 is 12.0 Å². The van der Waals surface area contributed by atoms with Gasteiger partial charge in [-0.1, -0.05) is 0 Å². The van der Waals surface area contributed by atoms with Gasteiger partial charge in [0.2, 0.25) is 0 Å². The Kier molecular flexibility index (Phi) is 3.78. The normalized spacial score (nSPS) is 28.8. The Bertz CT molecular complexity index is 325. The zero-order valence-electron chi connectivity index (χ0n) is 9.41. The van der Waals surface area contributed by atoms with Crippen LogP contribution < -0.4 is 0 Å². The maximum Gasteiger partial charge on any atom is 0.327 e. The average molecular weight is 260 g/mol. The van der Waals surface area contributed by atoms with Crippen molar-refractivity contribution < 1.29 is 19.8 Å². The van der Waals surface area contributed by atoms with Crippen molar-refractivity contribution in [1.82, 2.24) is 9.80 Å². The van der Waals surface area contributed by atoms with Crippen LogP contribution in [0.25, 0.3) is 0 Å². The van der Waals surface area contributed by atoms with Crippen LogP contribution in [0.2, 0.25) is 0 Å². The van der Waals surface area contributed by atoms with E-state index in [1.165, 1.54) is 16.7 Å². The van der Waals surface area contributed by atoms with Crippen LogP contribution in [0.5, 0.6) is 0 Å². The molecular weight excluding hydrogens is 244 g/mol. The van der Waals surface area contributed by atoms with Crippen molar-refractivity contribution in [1.29, 1.82) is 0 Å². The van der Waals surface area contributed by atoms with Crippen LogP contribution in [0.4, 0.5) is 4.79 Å². The van der Waals surface area contributed by atoms with E-state index < -0.39 is 12.0 Å². The van der Waals surface area contributed by atoms with E-state index in [4.69, 9.17) is 10.2 Å². The third-order valence-corrected chi connectivity index (χ3v) is 4.26. The van der Waals surface area contributed by atoms with Gasteiger partial charge < -0.3 is 20.0 Å². The Labute approximate surface area is 104 Å². The molecule has 0 bridgehead atoms. The van der Waals surface area contributed by atoms with Gasteiger partial charge in [-0.3, -0.25) is 0 Å². The molecule has 96 valence electrons. The number of amides is 2. The third-order valence-electron chi connectivity index (χ3n) is 3.25. The molecule has 2 aliphatic rings. The Morgan fingerprint density at radius 2 is 2.12 bits per heavy atom. The first-order chi connectivity index (χ1) is 8.15. The number of aliphatic carboxylic acids is 1. The fourth-order valence-corrected chi connectivity index (χ4v) is 3.42. The summed E-state index contributed by atoms with van der Waals surface area (Å²) in [7, 11) is 0. The molecule has 2 saturated heterocycles. The number of carboxylic acids is 1. The highest BCUT2D eigenvalue weighted by Crippen LogP contribution is 2.26. The maximum atomic E-state index is 12.2. The molecule has 2 fully saturated rings. The van der Waals surface area contributed by atoms with Gasteiger partial charge in [-0.25, -0.2) is 9.59 Å². The lowest BCUT2D eigenvalue weighted by atomic mass is 10.2. The number of carbonyl (C=O) groups excluding carboxylic acids is 1. The molecule has 0 radical (unpaired) electrons. The number of rotatable bonds is 2. The van der Waals surface area contributed by atoms with Crippen LogP contribution in [0.15, 0.2) is 0 Å². The molecule has 0 aromatic carbocycles. The van der Waals surface area contributed by atoms with Crippen LogP contribution in [0, 0.1) is 0 Å². The highest BCUT2D eigenvalue weighted by atomic mass is 32.2. The van der Waals surface area contributed by atoms with E-state index in [2.05, 4.69) is 0 Å². The Morgan fingerprint density at radius 1 is 1.35 bits per heavy atom. The Balaban J connectivity index is 2.06. The highest BCUT2D eigenvalue weighted by Gasteiger charge is 2.39. The van der Waals surface area contributed by atoms with E-state index in [9.17, 15) is 9.59 Å². The Morgan fingerprint density at radius 3 is 2.76 bits per heavy atom. The predicted molar refractivity (Wildman–Crippen MR) is 62.8 cm³/mol. The number of thioether (sulfide) groups is 1. The molecule has 2 aliphatic heterocycles. The summed E-state index contributed by atoms with van der Waals surface area (Å²) in [5.74, 6) is -0.0912. The summed E-state index contributed by atoms with van der Waals surface area (Å²) < 4.78 is 0. The van der Waals surface area contributed by atoms with Crippen molar-refractivity contribution in [3.63, 3.8) is 0 Å². The van der Waals surface area contributed by atoms with Crippen molar-refractivity contribution in [3.05, 3.63) is 0 Å². The van der Waals surface area contributed by atoms with Crippen LogP contribution in [-0.2, 0) is 4.79 Å². The fourth-order valence-electron chi connectivity index (χ4n) is 2.28. The number of likely N-dealkylation sites (tertiary alicyclic amines) is 1. The SMILES string of the molecule is O=C(O)C1CSCN1C(=O)N1CCCC1CO. The first-order valence-electron chi connectivity index (χ1n) is 5.63. The van der Waals surface area contributed by atoms with Gasteiger partial charge in [0.15, 0.2) is 0 Å². The standard InChI is InChI=1S/C10H16N2O4S/c13-4-7-2-1-3-11(7)10(16)12-6-17-5-8(12)9(14)15/h7-8,13H,1-6H2,(H,14,15). The maximum absolute atomic E-state index is 12.2. The first-order valence-corrected chi connectivity index (χ1v) is 6.79.